The lowest BCUT2D eigenvalue weighted by Crippen LogP contribution is -2.32. The molecule has 3 aromatic carbocycles. The van der Waals surface area contributed by atoms with Gasteiger partial charge >= 0.3 is 5.97 Å². The van der Waals surface area contributed by atoms with Gasteiger partial charge in [-0.1, -0.05) is 91.0 Å². The van der Waals surface area contributed by atoms with Crippen LogP contribution in [0.25, 0.3) is 0 Å². The number of hydrogen-bond donors (Lipinski definition) is 2. The molecule has 3 aromatic rings. The molecule has 3 nitrogen and oxygen atoms in total. The van der Waals surface area contributed by atoms with Crippen LogP contribution in [0, 0.1) is 0 Å². The van der Waals surface area contributed by atoms with Gasteiger partial charge in [-0.15, -0.1) is 0 Å². The monoisotopic (exact) mass is 332 g/mol. The van der Waals surface area contributed by atoms with Crippen LogP contribution in [0.3, 0.4) is 0 Å². The minimum Gasteiger partial charge on any atom is -0.479 e. The molecule has 3 heteroatoms. The Morgan fingerprint density at radius 2 is 1.00 bits per heavy atom. The van der Waals surface area contributed by atoms with E-state index in [4.69, 9.17) is 0 Å². The van der Waals surface area contributed by atoms with Crippen molar-refractivity contribution in [2.24, 2.45) is 0 Å². The quantitative estimate of drug-likeness (QED) is 0.716. The van der Waals surface area contributed by atoms with Gasteiger partial charge in [0.15, 0.2) is 6.10 Å². The summed E-state index contributed by atoms with van der Waals surface area (Å²) in [5, 5.41) is 20.0. The molecule has 0 aliphatic carbocycles. The third kappa shape index (κ3) is 3.78. The van der Waals surface area contributed by atoms with Crippen LogP contribution in [-0.2, 0) is 4.79 Å². The van der Waals surface area contributed by atoms with Gasteiger partial charge < -0.3 is 10.2 Å². The topological polar surface area (TPSA) is 57.5 Å². The zero-order valence-corrected chi connectivity index (χ0v) is 13.7. The molecule has 126 valence electrons. The molecule has 3 rings (SSSR count). The predicted octanol–water partition coefficient (Wildman–Crippen LogP) is 4.05. The van der Waals surface area contributed by atoms with Crippen LogP contribution in [0.5, 0.6) is 0 Å². The third-order valence-corrected chi connectivity index (χ3v) is 4.45. The SMILES string of the molecule is O=C(O)[C@@H](O)[C@@H](c1ccccc1)C(c1ccccc1)c1ccccc1. The number of carbonyl (C=O) groups is 1. The van der Waals surface area contributed by atoms with Gasteiger partial charge in [-0.2, -0.15) is 0 Å². The molecule has 2 atom stereocenters. The standard InChI is InChI=1S/C22H20O3/c23-21(22(24)25)20(18-14-8-3-9-15-18)19(16-10-4-1-5-11-16)17-12-6-2-7-13-17/h1-15,19-21,23H,(H,24,25)/t20-,21-/m0/s1. The van der Waals surface area contributed by atoms with E-state index in [2.05, 4.69) is 0 Å². The fourth-order valence-corrected chi connectivity index (χ4v) is 3.31. The number of carboxylic acid groups (broad SMARTS) is 1. The summed E-state index contributed by atoms with van der Waals surface area (Å²) >= 11 is 0. The van der Waals surface area contributed by atoms with Gasteiger partial charge in [0.2, 0.25) is 0 Å². The zero-order valence-electron chi connectivity index (χ0n) is 13.7. The summed E-state index contributed by atoms with van der Waals surface area (Å²) in [5.41, 5.74) is 2.75. The molecule has 0 fully saturated rings. The summed E-state index contributed by atoms with van der Waals surface area (Å²) in [6.07, 6.45) is -1.51. The number of aliphatic hydroxyl groups excluding tert-OH is 1. The molecule has 0 spiro atoms. The van der Waals surface area contributed by atoms with E-state index in [1.54, 1.807) is 0 Å². The Balaban J connectivity index is 2.18. The van der Waals surface area contributed by atoms with Crippen LogP contribution in [0.2, 0.25) is 0 Å². The van der Waals surface area contributed by atoms with Gasteiger partial charge in [0.25, 0.3) is 0 Å². The molecule has 0 aromatic heterocycles. The largest absolute Gasteiger partial charge is 0.479 e. The Morgan fingerprint density at radius 1 is 0.640 bits per heavy atom. The predicted molar refractivity (Wildman–Crippen MR) is 97.6 cm³/mol. The molecular formula is C22H20O3. The molecular weight excluding hydrogens is 312 g/mol. The second kappa shape index (κ2) is 7.77. The Morgan fingerprint density at radius 3 is 1.36 bits per heavy atom. The van der Waals surface area contributed by atoms with Gasteiger partial charge in [-0.05, 0) is 16.7 Å². The summed E-state index contributed by atoms with van der Waals surface area (Å²) in [7, 11) is 0. The Kier molecular flexibility index (Phi) is 5.26. The van der Waals surface area contributed by atoms with E-state index >= 15 is 0 Å². The van der Waals surface area contributed by atoms with E-state index in [9.17, 15) is 15.0 Å². The first-order chi connectivity index (χ1) is 12.2. The van der Waals surface area contributed by atoms with Crippen molar-refractivity contribution < 1.29 is 15.0 Å². The molecule has 0 aliphatic rings. The highest BCUT2D eigenvalue weighted by Crippen LogP contribution is 2.40. The van der Waals surface area contributed by atoms with Crippen LogP contribution in [-0.4, -0.2) is 22.3 Å². The molecule has 0 aliphatic heterocycles. The highest BCUT2D eigenvalue weighted by Gasteiger charge is 2.35. The van der Waals surface area contributed by atoms with Crippen LogP contribution >= 0.6 is 0 Å². The molecule has 2 N–H and O–H groups in total. The third-order valence-electron chi connectivity index (χ3n) is 4.45. The van der Waals surface area contributed by atoms with E-state index in [0.29, 0.717) is 0 Å². The molecule has 0 heterocycles. The molecule has 0 radical (unpaired) electrons. The number of rotatable bonds is 6. The highest BCUT2D eigenvalue weighted by atomic mass is 16.4. The van der Waals surface area contributed by atoms with Crippen molar-refractivity contribution in [1.82, 2.24) is 0 Å². The minimum atomic E-state index is -1.51. The van der Waals surface area contributed by atoms with Crippen molar-refractivity contribution in [2.45, 2.75) is 17.9 Å². The minimum absolute atomic E-state index is 0.268. The Bertz CT molecular complexity index is 761. The van der Waals surface area contributed by atoms with Crippen molar-refractivity contribution in [3.05, 3.63) is 108 Å². The van der Waals surface area contributed by atoms with Crippen molar-refractivity contribution in [3.8, 4) is 0 Å². The van der Waals surface area contributed by atoms with E-state index in [1.165, 1.54) is 0 Å². The van der Waals surface area contributed by atoms with Crippen molar-refractivity contribution in [1.29, 1.82) is 0 Å². The van der Waals surface area contributed by atoms with Crippen molar-refractivity contribution in [3.63, 3.8) is 0 Å². The number of carboxylic acids is 1. The summed E-state index contributed by atoms with van der Waals surface area (Å²) in [5.74, 6) is -2.08. The lowest BCUT2D eigenvalue weighted by Gasteiger charge is -2.30. The van der Waals surface area contributed by atoms with E-state index < -0.39 is 18.0 Å². The van der Waals surface area contributed by atoms with E-state index in [1.807, 2.05) is 91.0 Å². The molecule has 0 saturated carbocycles. The van der Waals surface area contributed by atoms with Gasteiger partial charge in [0, 0.05) is 11.8 Å². The maximum absolute atomic E-state index is 11.6. The van der Waals surface area contributed by atoms with Gasteiger partial charge in [-0.25, -0.2) is 4.79 Å². The first-order valence-corrected chi connectivity index (χ1v) is 8.24. The average molecular weight is 332 g/mol. The maximum atomic E-state index is 11.6. The van der Waals surface area contributed by atoms with Crippen LogP contribution in [0.15, 0.2) is 91.0 Å². The number of benzene rings is 3. The molecule has 0 bridgehead atoms. The van der Waals surface area contributed by atoms with Crippen LogP contribution < -0.4 is 0 Å². The molecule has 0 amide bonds. The first-order valence-electron chi connectivity index (χ1n) is 8.24. The fourth-order valence-electron chi connectivity index (χ4n) is 3.31. The molecule has 0 saturated heterocycles. The number of aliphatic hydroxyl groups is 1. The van der Waals surface area contributed by atoms with Gasteiger partial charge in [0.1, 0.15) is 0 Å². The van der Waals surface area contributed by atoms with Crippen LogP contribution in [0.4, 0.5) is 0 Å². The summed E-state index contributed by atoms with van der Waals surface area (Å²) in [6, 6.07) is 28.8. The fraction of sp³-hybridized carbons (Fsp3) is 0.136. The van der Waals surface area contributed by atoms with Gasteiger partial charge in [-0.3, -0.25) is 0 Å². The normalized spacial score (nSPS) is 13.4. The van der Waals surface area contributed by atoms with Crippen molar-refractivity contribution >= 4 is 5.97 Å². The smallest absolute Gasteiger partial charge is 0.333 e. The lowest BCUT2D eigenvalue weighted by atomic mass is 9.74. The van der Waals surface area contributed by atoms with E-state index in [0.717, 1.165) is 16.7 Å². The zero-order chi connectivity index (χ0) is 17.6. The maximum Gasteiger partial charge on any atom is 0.333 e. The van der Waals surface area contributed by atoms with Crippen LogP contribution in [0.1, 0.15) is 28.5 Å². The van der Waals surface area contributed by atoms with Crippen molar-refractivity contribution in [2.75, 3.05) is 0 Å². The number of hydrogen-bond acceptors (Lipinski definition) is 2. The average Bonchev–Trinajstić information content (AvgIpc) is 2.67. The molecule has 25 heavy (non-hydrogen) atoms. The Labute approximate surface area is 147 Å². The second-order valence-corrected chi connectivity index (χ2v) is 6.02. The summed E-state index contributed by atoms with van der Waals surface area (Å²) in [6.45, 7) is 0. The lowest BCUT2D eigenvalue weighted by molar-refractivity contribution is -0.148. The summed E-state index contributed by atoms with van der Waals surface area (Å²) < 4.78 is 0. The van der Waals surface area contributed by atoms with Gasteiger partial charge in [0.05, 0.1) is 0 Å². The first kappa shape index (κ1) is 16.9. The highest BCUT2D eigenvalue weighted by molar-refractivity contribution is 5.74. The molecule has 0 unspecified atom stereocenters. The second-order valence-electron chi connectivity index (χ2n) is 6.02. The number of aliphatic carboxylic acids is 1. The van der Waals surface area contributed by atoms with E-state index in [-0.39, 0.29) is 5.92 Å². The Hall–Kier alpha value is -2.91. The summed E-state index contributed by atoms with van der Waals surface area (Å²) in [4.78, 5) is 11.6.